The summed E-state index contributed by atoms with van der Waals surface area (Å²) >= 11 is 4.85. The second-order valence-corrected chi connectivity index (χ2v) is 4.99. The highest BCUT2D eigenvalue weighted by atomic mass is 32.1. The van der Waals surface area contributed by atoms with E-state index in [1.165, 1.54) is 0 Å². The van der Waals surface area contributed by atoms with Gasteiger partial charge in [-0.15, -0.1) is 0 Å². The van der Waals surface area contributed by atoms with Gasteiger partial charge in [-0.05, 0) is 31.9 Å². The number of hydrogen-bond acceptors (Lipinski definition) is 4. The molecule has 1 aliphatic rings. The van der Waals surface area contributed by atoms with E-state index in [2.05, 4.69) is 17.2 Å². The number of nitrogens with one attached hydrogen (secondary N) is 1. The summed E-state index contributed by atoms with van der Waals surface area (Å²) in [4.78, 5) is 4.50. The van der Waals surface area contributed by atoms with Crippen molar-refractivity contribution in [3.63, 3.8) is 0 Å². The average molecular weight is 251 g/mol. The molecule has 0 amide bonds. The van der Waals surface area contributed by atoms with Gasteiger partial charge in [-0.1, -0.05) is 12.2 Å². The van der Waals surface area contributed by atoms with Gasteiger partial charge in [0.05, 0.1) is 23.2 Å². The summed E-state index contributed by atoms with van der Waals surface area (Å²) < 4.78 is 5.70. The van der Waals surface area contributed by atoms with Gasteiger partial charge < -0.3 is 15.8 Å². The Bertz CT molecular complexity index is 399. The summed E-state index contributed by atoms with van der Waals surface area (Å²) in [6.07, 6.45) is 3.97. The number of rotatable bonds is 4. The van der Waals surface area contributed by atoms with Crippen LogP contribution in [0.3, 0.4) is 0 Å². The van der Waals surface area contributed by atoms with Crippen molar-refractivity contribution in [2.45, 2.75) is 25.4 Å². The summed E-state index contributed by atoms with van der Waals surface area (Å²) in [6.45, 7) is 3.78. The first-order valence-electron chi connectivity index (χ1n) is 5.73. The zero-order valence-corrected chi connectivity index (χ0v) is 10.7. The summed E-state index contributed by atoms with van der Waals surface area (Å²) in [6, 6.07) is 3.75. The van der Waals surface area contributed by atoms with Gasteiger partial charge in [0.2, 0.25) is 0 Å². The molecule has 1 fully saturated rings. The van der Waals surface area contributed by atoms with Crippen LogP contribution < -0.4 is 11.1 Å². The maximum atomic E-state index is 5.70. The fourth-order valence-corrected chi connectivity index (χ4v) is 2.03. The van der Waals surface area contributed by atoms with Gasteiger partial charge in [0, 0.05) is 13.2 Å². The maximum Gasteiger partial charge on any atom is 0.122 e. The molecule has 2 heterocycles. The van der Waals surface area contributed by atoms with Crippen LogP contribution in [0.4, 0.5) is 5.69 Å². The molecule has 0 aromatic carbocycles. The Hall–Kier alpha value is -1.20. The van der Waals surface area contributed by atoms with Crippen molar-refractivity contribution < 1.29 is 4.74 Å². The molecule has 1 aromatic rings. The van der Waals surface area contributed by atoms with Crippen LogP contribution in [0.15, 0.2) is 18.3 Å². The van der Waals surface area contributed by atoms with Crippen LogP contribution in [-0.2, 0) is 4.74 Å². The van der Waals surface area contributed by atoms with E-state index in [0.29, 0.717) is 10.7 Å². The normalized spacial score (nSPS) is 23.6. The van der Waals surface area contributed by atoms with Crippen LogP contribution >= 0.6 is 12.2 Å². The first-order valence-corrected chi connectivity index (χ1v) is 6.14. The van der Waals surface area contributed by atoms with Gasteiger partial charge in [0.1, 0.15) is 4.99 Å². The molecule has 1 aromatic heterocycles. The minimum Gasteiger partial charge on any atom is -0.388 e. The predicted octanol–water partition coefficient (Wildman–Crippen LogP) is 1.70. The summed E-state index contributed by atoms with van der Waals surface area (Å²) in [5, 5.41) is 3.32. The fraction of sp³-hybridized carbons (Fsp3) is 0.500. The van der Waals surface area contributed by atoms with E-state index in [0.717, 1.165) is 31.7 Å². The van der Waals surface area contributed by atoms with Gasteiger partial charge in [-0.2, -0.15) is 0 Å². The van der Waals surface area contributed by atoms with Crippen LogP contribution in [0.2, 0.25) is 0 Å². The monoisotopic (exact) mass is 251 g/mol. The van der Waals surface area contributed by atoms with Crippen molar-refractivity contribution >= 4 is 22.9 Å². The Labute approximate surface area is 107 Å². The van der Waals surface area contributed by atoms with Crippen molar-refractivity contribution in [1.82, 2.24) is 4.98 Å². The van der Waals surface area contributed by atoms with Crippen LogP contribution in [-0.4, -0.2) is 28.7 Å². The average Bonchev–Trinajstić information content (AvgIpc) is 2.75. The molecular formula is C12H17N3OS. The van der Waals surface area contributed by atoms with Gasteiger partial charge >= 0.3 is 0 Å². The lowest BCUT2D eigenvalue weighted by Gasteiger charge is -2.23. The second-order valence-electron chi connectivity index (χ2n) is 4.55. The van der Waals surface area contributed by atoms with Crippen LogP contribution in [0.1, 0.15) is 25.5 Å². The lowest BCUT2D eigenvalue weighted by atomic mass is 10.0. The molecule has 92 valence electrons. The van der Waals surface area contributed by atoms with Crippen LogP contribution in [0.25, 0.3) is 0 Å². The maximum absolute atomic E-state index is 5.70. The molecule has 0 bridgehead atoms. The number of ether oxygens (including phenoxy) is 1. The molecule has 1 saturated heterocycles. The Morgan fingerprint density at radius 2 is 2.47 bits per heavy atom. The fourth-order valence-electron chi connectivity index (χ4n) is 1.91. The van der Waals surface area contributed by atoms with E-state index < -0.39 is 0 Å². The molecule has 1 atom stereocenters. The van der Waals surface area contributed by atoms with Crippen molar-refractivity contribution in [2.24, 2.45) is 5.73 Å². The van der Waals surface area contributed by atoms with Crippen molar-refractivity contribution in [3.05, 3.63) is 24.0 Å². The van der Waals surface area contributed by atoms with Crippen LogP contribution in [0, 0.1) is 0 Å². The number of thiocarbonyl (C=S) groups is 1. The Balaban J connectivity index is 1.93. The second kappa shape index (κ2) is 4.98. The molecule has 17 heavy (non-hydrogen) atoms. The molecule has 1 unspecified atom stereocenters. The third-order valence-corrected chi connectivity index (χ3v) is 3.19. The number of aromatic nitrogens is 1. The van der Waals surface area contributed by atoms with Crippen molar-refractivity contribution in [3.8, 4) is 0 Å². The number of hydrogen-bond donors (Lipinski definition) is 2. The number of nitrogens with zero attached hydrogens (tertiary/aromatic N) is 1. The molecule has 4 nitrogen and oxygen atoms in total. The van der Waals surface area contributed by atoms with Gasteiger partial charge in [0.15, 0.2) is 0 Å². The molecule has 3 N–H and O–H groups in total. The highest BCUT2D eigenvalue weighted by Gasteiger charge is 2.29. The molecule has 0 radical (unpaired) electrons. The third kappa shape index (κ3) is 3.14. The SMILES string of the molecule is CC1(CNc2ccc(C(N)=S)nc2)CCCO1. The lowest BCUT2D eigenvalue weighted by Crippen LogP contribution is -2.32. The molecule has 0 spiro atoms. The van der Waals surface area contributed by atoms with E-state index in [-0.39, 0.29) is 5.60 Å². The largest absolute Gasteiger partial charge is 0.388 e. The third-order valence-electron chi connectivity index (χ3n) is 2.98. The summed E-state index contributed by atoms with van der Waals surface area (Å²) in [7, 11) is 0. The number of nitrogens with two attached hydrogens (primary N) is 1. The molecule has 0 saturated carbocycles. The van der Waals surface area contributed by atoms with E-state index in [9.17, 15) is 0 Å². The molecule has 0 aliphatic carbocycles. The lowest BCUT2D eigenvalue weighted by molar-refractivity contribution is 0.0315. The first kappa shape index (κ1) is 12.3. The highest BCUT2D eigenvalue weighted by molar-refractivity contribution is 7.80. The first-order chi connectivity index (χ1) is 8.09. The Morgan fingerprint density at radius 3 is 3.00 bits per heavy atom. The van der Waals surface area contributed by atoms with Gasteiger partial charge in [0.25, 0.3) is 0 Å². The zero-order valence-electron chi connectivity index (χ0n) is 9.90. The van der Waals surface area contributed by atoms with E-state index in [1.807, 2.05) is 12.1 Å². The van der Waals surface area contributed by atoms with Crippen LogP contribution in [0.5, 0.6) is 0 Å². The van der Waals surface area contributed by atoms with E-state index in [4.69, 9.17) is 22.7 Å². The minimum absolute atomic E-state index is 0.0537. The number of pyridine rings is 1. The smallest absolute Gasteiger partial charge is 0.122 e. The quantitative estimate of drug-likeness (QED) is 0.798. The van der Waals surface area contributed by atoms with Gasteiger partial charge in [-0.3, -0.25) is 4.98 Å². The highest BCUT2D eigenvalue weighted by Crippen LogP contribution is 2.25. The van der Waals surface area contributed by atoms with Crippen molar-refractivity contribution in [2.75, 3.05) is 18.5 Å². The molecular weight excluding hydrogens is 234 g/mol. The van der Waals surface area contributed by atoms with E-state index in [1.54, 1.807) is 6.20 Å². The summed E-state index contributed by atoms with van der Waals surface area (Å²) in [5.74, 6) is 0. The molecule has 1 aliphatic heterocycles. The standard InChI is InChI=1S/C12H17N3OS/c1-12(5-2-6-16-12)8-15-9-3-4-10(11(13)17)14-7-9/h3-4,7,15H,2,5-6,8H2,1H3,(H2,13,17). The molecule has 5 heteroatoms. The van der Waals surface area contributed by atoms with Crippen molar-refractivity contribution in [1.29, 1.82) is 0 Å². The van der Waals surface area contributed by atoms with Gasteiger partial charge in [-0.25, -0.2) is 0 Å². The summed E-state index contributed by atoms with van der Waals surface area (Å²) in [5.41, 5.74) is 7.04. The topological polar surface area (TPSA) is 60.2 Å². The Kier molecular flexibility index (Phi) is 3.59. The predicted molar refractivity (Wildman–Crippen MR) is 72.2 cm³/mol. The minimum atomic E-state index is -0.0537. The zero-order chi connectivity index (χ0) is 12.3. The van der Waals surface area contributed by atoms with E-state index >= 15 is 0 Å². The molecule has 2 rings (SSSR count). The number of anilines is 1. The Morgan fingerprint density at radius 1 is 1.65 bits per heavy atom.